The maximum absolute atomic E-state index is 10.8. The Kier molecular flexibility index (Phi) is 3.48. The molecular weight excluding hydrogens is 246 g/mol. The molecule has 0 aliphatic heterocycles. The van der Waals surface area contributed by atoms with E-state index in [-0.39, 0.29) is 5.75 Å². The molecule has 1 atom stereocenters. The summed E-state index contributed by atoms with van der Waals surface area (Å²) in [4.78, 5) is 9.25. The standard InChI is InChI=1S/C7H6ClNO5S/c8-15(12,13)7(9(10)11)14-6-4-2-1-3-5-6/h1-5,7H. The molecule has 0 fully saturated rings. The van der Waals surface area contributed by atoms with Crippen molar-refractivity contribution < 1.29 is 18.1 Å². The molecule has 0 N–H and O–H groups in total. The molecule has 0 saturated carbocycles. The summed E-state index contributed by atoms with van der Waals surface area (Å²) in [7, 11) is 0.438. The molecule has 0 heterocycles. The number of ether oxygens (including phenoxy) is 1. The Bertz CT molecular complexity index is 446. The van der Waals surface area contributed by atoms with Crippen LogP contribution in [0, 0.1) is 10.1 Å². The number of hydrogen-bond acceptors (Lipinski definition) is 5. The predicted molar refractivity (Wildman–Crippen MR) is 52.6 cm³/mol. The van der Waals surface area contributed by atoms with Crippen molar-refractivity contribution >= 4 is 19.7 Å². The fraction of sp³-hybridized carbons (Fsp3) is 0.143. The number of rotatable bonds is 4. The molecule has 1 rings (SSSR count). The third-order valence-electron chi connectivity index (χ3n) is 1.39. The molecule has 0 saturated heterocycles. The van der Waals surface area contributed by atoms with Gasteiger partial charge in [-0.05, 0) is 12.1 Å². The average Bonchev–Trinajstić information content (AvgIpc) is 2.13. The van der Waals surface area contributed by atoms with E-state index in [0.29, 0.717) is 0 Å². The smallest absolute Gasteiger partial charge is 0.417 e. The first kappa shape index (κ1) is 11.7. The van der Waals surface area contributed by atoms with Crippen molar-refractivity contribution in [1.82, 2.24) is 0 Å². The van der Waals surface area contributed by atoms with E-state index in [2.05, 4.69) is 4.74 Å². The normalized spacial score (nSPS) is 13.1. The fourth-order valence-corrected chi connectivity index (χ4v) is 1.55. The largest absolute Gasteiger partial charge is 0.469 e. The molecule has 0 aliphatic carbocycles. The highest BCUT2D eigenvalue weighted by Gasteiger charge is 2.36. The van der Waals surface area contributed by atoms with Crippen molar-refractivity contribution in [2.75, 3.05) is 0 Å². The summed E-state index contributed by atoms with van der Waals surface area (Å²) in [6.07, 6.45) is 0. The van der Waals surface area contributed by atoms with Crippen molar-refractivity contribution in [1.29, 1.82) is 0 Å². The van der Waals surface area contributed by atoms with E-state index in [1.54, 1.807) is 18.2 Å². The van der Waals surface area contributed by atoms with Gasteiger partial charge in [-0.15, -0.1) is 0 Å². The summed E-state index contributed by atoms with van der Waals surface area (Å²) in [5.41, 5.74) is -2.29. The van der Waals surface area contributed by atoms with Crippen LogP contribution < -0.4 is 4.74 Å². The topological polar surface area (TPSA) is 86.5 Å². The molecular formula is C7H6ClNO5S. The van der Waals surface area contributed by atoms with Crippen LogP contribution in [0.15, 0.2) is 30.3 Å². The highest BCUT2D eigenvalue weighted by Crippen LogP contribution is 2.16. The van der Waals surface area contributed by atoms with Crippen molar-refractivity contribution in [3.63, 3.8) is 0 Å². The Hall–Kier alpha value is -1.34. The second-order valence-corrected chi connectivity index (χ2v) is 5.14. The minimum Gasteiger partial charge on any atom is -0.417 e. The second kappa shape index (κ2) is 4.45. The quantitative estimate of drug-likeness (QED) is 0.347. The molecule has 0 bridgehead atoms. The summed E-state index contributed by atoms with van der Waals surface area (Å²) in [5.74, 6) is 0.0587. The number of benzene rings is 1. The third-order valence-corrected chi connectivity index (χ3v) is 2.60. The predicted octanol–water partition coefficient (Wildman–Crippen LogP) is 1.19. The third kappa shape index (κ3) is 3.37. The Labute approximate surface area is 90.0 Å². The van der Waals surface area contributed by atoms with Gasteiger partial charge >= 0.3 is 14.6 Å². The van der Waals surface area contributed by atoms with Crippen LogP contribution in [0.5, 0.6) is 5.75 Å². The van der Waals surface area contributed by atoms with Gasteiger partial charge in [0, 0.05) is 10.7 Å². The highest BCUT2D eigenvalue weighted by molar-refractivity contribution is 8.14. The van der Waals surface area contributed by atoms with Crippen LogP contribution in [0.1, 0.15) is 0 Å². The van der Waals surface area contributed by atoms with Crippen molar-refractivity contribution in [3.8, 4) is 5.75 Å². The van der Waals surface area contributed by atoms with E-state index in [9.17, 15) is 18.5 Å². The van der Waals surface area contributed by atoms with E-state index < -0.39 is 19.5 Å². The molecule has 1 aromatic carbocycles. The molecule has 8 heteroatoms. The fourth-order valence-electron chi connectivity index (χ4n) is 0.819. The maximum atomic E-state index is 10.8. The molecule has 0 amide bonds. The minimum atomic E-state index is -4.41. The number of hydrogen-bond donors (Lipinski definition) is 0. The minimum absolute atomic E-state index is 0.0587. The maximum Gasteiger partial charge on any atom is 0.469 e. The summed E-state index contributed by atoms with van der Waals surface area (Å²) >= 11 is 0. The second-order valence-electron chi connectivity index (χ2n) is 2.50. The van der Waals surface area contributed by atoms with Gasteiger partial charge in [-0.1, -0.05) is 18.2 Å². The van der Waals surface area contributed by atoms with Crippen LogP contribution in [0.2, 0.25) is 0 Å². The van der Waals surface area contributed by atoms with Gasteiger partial charge in [0.05, 0.1) is 4.92 Å². The number of nitrogens with zero attached hydrogens (tertiary/aromatic N) is 1. The summed E-state index contributed by atoms with van der Waals surface area (Å²) in [5, 5.41) is 10.4. The number of nitro groups is 1. The molecule has 15 heavy (non-hydrogen) atoms. The monoisotopic (exact) mass is 251 g/mol. The van der Waals surface area contributed by atoms with Crippen LogP contribution in [0.3, 0.4) is 0 Å². The Morgan fingerprint density at radius 3 is 2.27 bits per heavy atom. The first-order chi connectivity index (χ1) is 6.91. The lowest BCUT2D eigenvalue weighted by atomic mass is 10.3. The zero-order chi connectivity index (χ0) is 11.5. The van der Waals surface area contributed by atoms with Crippen molar-refractivity contribution in [2.24, 2.45) is 0 Å². The summed E-state index contributed by atoms with van der Waals surface area (Å²) in [6.45, 7) is 0. The van der Waals surface area contributed by atoms with Gasteiger partial charge in [-0.2, -0.15) is 0 Å². The van der Waals surface area contributed by atoms with Crippen LogP contribution in [0.4, 0.5) is 0 Å². The Morgan fingerprint density at radius 1 is 1.33 bits per heavy atom. The average molecular weight is 252 g/mol. The Balaban J connectivity index is 2.92. The molecule has 0 aliphatic rings. The van der Waals surface area contributed by atoms with Crippen LogP contribution in [-0.2, 0) is 9.05 Å². The molecule has 0 radical (unpaired) electrons. The lowest BCUT2D eigenvalue weighted by molar-refractivity contribution is -0.533. The summed E-state index contributed by atoms with van der Waals surface area (Å²) in [6, 6.07) is 7.53. The zero-order valence-electron chi connectivity index (χ0n) is 7.24. The molecule has 0 spiro atoms. The van der Waals surface area contributed by atoms with E-state index in [1.165, 1.54) is 12.1 Å². The molecule has 82 valence electrons. The van der Waals surface area contributed by atoms with E-state index in [4.69, 9.17) is 10.7 Å². The van der Waals surface area contributed by atoms with Gasteiger partial charge in [0.15, 0.2) is 0 Å². The van der Waals surface area contributed by atoms with Gasteiger partial charge in [0.2, 0.25) is 0 Å². The SMILES string of the molecule is O=[N+]([O-])C(Oc1ccccc1)S(=O)(=O)Cl. The molecule has 6 nitrogen and oxygen atoms in total. The van der Waals surface area contributed by atoms with Gasteiger partial charge in [-0.25, -0.2) is 8.42 Å². The van der Waals surface area contributed by atoms with Gasteiger partial charge < -0.3 is 4.74 Å². The number of para-hydroxylation sites is 1. The molecule has 1 aromatic rings. The van der Waals surface area contributed by atoms with Gasteiger partial charge in [0.25, 0.3) is 0 Å². The number of halogens is 1. The van der Waals surface area contributed by atoms with Crippen LogP contribution >= 0.6 is 10.7 Å². The lowest BCUT2D eigenvalue weighted by Gasteiger charge is -2.08. The van der Waals surface area contributed by atoms with Crippen molar-refractivity contribution in [3.05, 3.63) is 40.4 Å². The van der Waals surface area contributed by atoms with Crippen LogP contribution in [-0.4, -0.2) is 18.9 Å². The first-order valence-corrected chi connectivity index (χ1v) is 6.07. The molecule has 0 aromatic heterocycles. The van der Waals surface area contributed by atoms with E-state index in [0.717, 1.165) is 0 Å². The van der Waals surface area contributed by atoms with Crippen LogP contribution in [0.25, 0.3) is 0 Å². The summed E-state index contributed by atoms with van der Waals surface area (Å²) < 4.78 is 26.2. The van der Waals surface area contributed by atoms with Crippen molar-refractivity contribution in [2.45, 2.75) is 5.56 Å². The highest BCUT2D eigenvalue weighted by atomic mass is 35.7. The van der Waals surface area contributed by atoms with E-state index in [1.807, 2.05) is 0 Å². The zero-order valence-corrected chi connectivity index (χ0v) is 8.81. The molecule has 1 unspecified atom stereocenters. The lowest BCUT2D eigenvalue weighted by Crippen LogP contribution is -2.32. The Morgan fingerprint density at radius 2 is 1.87 bits per heavy atom. The first-order valence-electron chi connectivity index (χ1n) is 3.70. The van der Waals surface area contributed by atoms with Gasteiger partial charge in [0.1, 0.15) is 5.75 Å². The van der Waals surface area contributed by atoms with Gasteiger partial charge in [-0.3, -0.25) is 10.1 Å². The van der Waals surface area contributed by atoms with E-state index >= 15 is 0 Å².